The molecule has 1 aromatic heterocycles. The average molecular weight is 470 g/mol. The van der Waals surface area contributed by atoms with Crippen LogP contribution in [0.2, 0.25) is 5.02 Å². The number of benzene rings is 1. The molecule has 1 heterocycles. The first-order valence-electron chi connectivity index (χ1n) is 4.92. The molecule has 1 aromatic carbocycles. The molecule has 0 unspecified atom stereocenters. The Morgan fingerprint density at radius 3 is 2.63 bits per heavy atom. The Labute approximate surface area is 139 Å². The van der Waals surface area contributed by atoms with E-state index in [1.165, 1.54) is 6.20 Å². The summed E-state index contributed by atoms with van der Waals surface area (Å²) in [5, 5.41) is 2.99. The fourth-order valence-electron chi connectivity index (χ4n) is 1.28. The second-order valence-electron chi connectivity index (χ2n) is 3.41. The van der Waals surface area contributed by atoms with Gasteiger partial charge in [0.15, 0.2) is 5.82 Å². The van der Waals surface area contributed by atoms with Gasteiger partial charge in [-0.15, -0.1) is 0 Å². The van der Waals surface area contributed by atoms with E-state index >= 15 is 0 Å². The lowest BCUT2D eigenvalue weighted by Gasteiger charge is -2.07. The lowest BCUT2D eigenvalue weighted by molar-refractivity contribution is 0.102. The van der Waals surface area contributed by atoms with Crippen LogP contribution in [-0.4, -0.2) is 15.9 Å². The van der Waals surface area contributed by atoms with E-state index in [9.17, 15) is 4.79 Å². The Morgan fingerprint density at radius 2 is 2.00 bits per heavy atom. The smallest absolute Gasteiger partial charge is 0.258 e. The molecule has 98 valence electrons. The summed E-state index contributed by atoms with van der Waals surface area (Å²) in [5.41, 5.74) is 0.362. The fourth-order valence-corrected chi connectivity index (χ4v) is 2.95. The van der Waals surface area contributed by atoms with E-state index in [2.05, 4.69) is 63.1 Å². The van der Waals surface area contributed by atoms with Gasteiger partial charge in [0.05, 0.1) is 16.8 Å². The molecule has 8 heteroatoms. The number of hydrogen-bond donors (Lipinski definition) is 1. The van der Waals surface area contributed by atoms with E-state index in [-0.39, 0.29) is 5.91 Å². The van der Waals surface area contributed by atoms with E-state index < -0.39 is 0 Å². The molecule has 0 saturated carbocycles. The number of anilines is 1. The summed E-state index contributed by atoms with van der Waals surface area (Å²) in [5.74, 6) is -0.0259. The van der Waals surface area contributed by atoms with Gasteiger partial charge in [0, 0.05) is 4.47 Å². The number of aromatic nitrogens is 2. The number of amides is 1. The molecule has 0 aliphatic heterocycles. The van der Waals surface area contributed by atoms with Gasteiger partial charge >= 0.3 is 0 Å². The first-order chi connectivity index (χ1) is 8.97. The lowest BCUT2D eigenvalue weighted by Crippen LogP contribution is -2.14. The molecule has 0 spiro atoms. The van der Waals surface area contributed by atoms with Gasteiger partial charge in [-0.1, -0.05) is 27.5 Å². The topological polar surface area (TPSA) is 54.9 Å². The Kier molecular flexibility index (Phi) is 4.94. The minimum Gasteiger partial charge on any atom is -0.304 e. The first-order valence-corrected chi connectivity index (χ1v) is 7.67. The molecule has 0 radical (unpaired) electrons. The predicted molar refractivity (Wildman–Crippen MR) is 84.5 cm³/mol. The second kappa shape index (κ2) is 6.30. The Morgan fingerprint density at radius 1 is 1.26 bits per heavy atom. The normalized spacial score (nSPS) is 10.3. The summed E-state index contributed by atoms with van der Waals surface area (Å²) in [6, 6.07) is 5.02. The first kappa shape index (κ1) is 14.9. The summed E-state index contributed by atoms with van der Waals surface area (Å²) in [6.07, 6.45) is 1.49. The van der Waals surface area contributed by atoms with Crippen LogP contribution < -0.4 is 5.32 Å². The highest BCUT2D eigenvalue weighted by Gasteiger charge is 2.13. The quantitative estimate of drug-likeness (QED) is 0.694. The minimum atomic E-state index is -0.352. The molecule has 1 amide bonds. The van der Waals surface area contributed by atoms with Gasteiger partial charge in [-0.3, -0.25) is 4.79 Å². The van der Waals surface area contributed by atoms with Crippen molar-refractivity contribution >= 4 is 71.1 Å². The number of carbonyl (C=O) groups excluding carboxylic acids is 1. The number of halogens is 4. The molecule has 0 atom stereocenters. The lowest BCUT2D eigenvalue weighted by atomic mass is 10.2. The van der Waals surface area contributed by atoms with Crippen molar-refractivity contribution in [3.8, 4) is 0 Å². The Balaban J connectivity index is 2.25. The largest absolute Gasteiger partial charge is 0.304 e. The highest BCUT2D eigenvalue weighted by atomic mass is 79.9. The van der Waals surface area contributed by atoms with Crippen LogP contribution >= 0.6 is 59.4 Å². The second-order valence-corrected chi connectivity index (χ2v) is 6.30. The molecule has 0 bridgehead atoms. The van der Waals surface area contributed by atoms with Crippen molar-refractivity contribution in [2.45, 2.75) is 0 Å². The van der Waals surface area contributed by atoms with Crippen molar-refractivity contribution < 1.29 is 4.79 Å². The zero-order valence-corrected chi connectivity index (χ0v) is 14.6. The van der Waals surface area contributed by atoms with Gasteiger partial charge in [0.2, 0.25) is 0 Å². The molecular formula is C11H5Br3ClN3O. The van der Waals surface area contributed by atoms with Crippen molar-refractivity contribution in [3.05, 3.63) is 48.7 Å². The monoisotopic (exact) mass is 467 g/mol. The van der Waals surface area contributed by atoms with E-state index in [1.807, 2.05) is 0 Å². The van der Waals surface area contributed by atoms with Gasteiger partial charge in [-0.05, 0) is 50.1 Å². The molecule has 2 rings (SSSR count). The molecule has 1 N–H and O–H groups in total. The number of hydrogen-bond acceptors (Lipinski definition) is 3. The van der Waals surface area contributed by atoms with Gasteiger partial charge < -0.3 is 5.32 Å². The summed E-state index contributed by atoms with van der Waals surface area (Å²) in [4.78, 5) is 20.2. The van der Waals surface area contributed by atoms with Crippen molar-refractivity contribution in [3.63, 3.8) is 0 Å². The van der Waals surface area contributed by atoms with Crippen molar-refractivity contribution in [1.82, 2.24) is 9.97 Å². The maximum absolute atomic E-state index is 12.1. The summed E-state index contributed by atoms with van der Waals surface area (Å²) in [7, 11) is 0. The van der Waals surface area contributed by atoms with Crippen LogP contribution in [0.15, 0.2) is 38.1 Å². The summed E-state index contributed by atoms with van der Waals surface area (Å²) >= 11 is 15.7. The Hall–Kier alpha value is -0.500. The molecule has 19 heavy (non-hydrogen) atoms. The van der Waals surface area contributed by atoms with E-state index in [0.717, 1.165) is 4.47 Å². The average Bonchev–Trinajstić information content (AvgIpc) is 2.32. The Bertz CT molecular complexity index is 651. The van der Waals surface area contributed by atoms with Crippen LogP contribution in [0.3, 0.4) is 0 Å². The molecule has 0 aliphatic carbocycles. The summed E-state index contributed by atoms with van der Waals surface area (Å²) < 4.78 is 1.81. The third kappa shape index (κ3) is 3.75. The van der Waals surface area contributed by atoms with E-state index in [1.54, 1.807) is 18.2 Å². The number of rotatable bonds is 2. The van der Waals surface area contributed by atoms with Gasteiger partial charge in [-0.25, -0.2) is 9.97 Å². The fraction of sp³-hybridized carbons (Fsp3) is 0. The highest BCUT2D eigenvalue weighted by molar-refractivity contribution is 9.11. The standard InChI is InChI=1S/C11H5Br3ClN3O/c12-5-1-2-6(7(15)3-5)11(19)18-10-9(14)17-8(13)4-16-10/h1-4H,(H,16,18,19). The zero-order chi connectivity index (χ0) is 14.0. The number of carbonyl (C=O) groups is 1. The van der Waals surface area contributed by atoms with Crippen molar-refractivity contribution in [2.75, 3.05) is 5.32 Å². The van der Waals surface area contributed by atoms with Gasteiger partial charge in [-0.2, -0.15) is 0 Å². The van der Waals surface area contributed by atoms with Crippen LogP contribution in [0.25, 0.3) is 0 Å². The van der Waals surface area contributed by atoms with E-state index in [0.29, 0.717) is 25.6 Å². The van der Waals surface area contributed by atoms with Crippen LogP contribution in [0, 0.1) is 0 Å². The number of nitrogens with one attached hydrogen (secondary N) is 1. The van der Waals surface area contributed by atoms with Crippen LogP contribution in [0.5, 0.6) is 0 Å². The maximum atomic E-state index is 12.1. The van der Waals surface area contributed by atoms with Gasteiger partial charge in [0.1, 0.15) is 9.21 Å². The van der Waals surface area contributed by atoms with Crippen molar-refractivity contribution in [1.29, 1.82) is 0 Å². The molecular weight excluding hydrogens is 465 g/mol. The zero-order valence-electron chi connectivity index (χ0n) is 9.12. The third-order valence-electron chi connectivity index (χ3n) is 2.11. The van der Waals surface area contributed by atoms with E-state index in [4.69, 9.17) is 11.6 Å². The maximum Gasteiger partial charge on any atom is 0.258 e. The molecule has 0 saturated heterocycles. The minimum absolute atomic E-state index is 0.326. The van der Waals surface area contributed by atoms with Crippen LogP contribution in [-0.2, 0) is 0 Å². The molecule has 0 aliphatic rings. The molecule has 2 aromatic rings. The van der Waals surface area contributed by atoms with Crippen LogP contribution in [0.1, 0.15) is 10.4 Å². The molecule has 4 nitrogen and oxygen atoms in total. The number of nitrogens with zero attached hydrogens (tertiary/aromatic N) is 2. The third-order valence-corrected chi connectivity index (χ3v) is 3.85. The van der Waals surface area contributed by atoms with Gasteiger partial charge in [0.25, 0.3) is 5.91 Å². The van der Waals surface area contributed by atoms with Crippen LogP contribution in [0.4, 0.5) is 5.82 Å². The predicted octanol–water partition coefficient (Wildman–Crippen LogP) is 4.67. The molecule has 0 fully saturated rings. The highest BCUT2D eigenvalue weighted by Crippen LogP contribution is 2.24. The summed E-state index contributed by atoms with van der Waals surface area (Å²) in [6.45, 7) is 0. The van der Waals surface area contributed by atoms with Crippen molar-refractivity contribution in [2.24, 2.45) is 0 Å². The SMILES string of the molecule is O=C(Nc1ncc(Br)nc1Br)c1ccc(Br)cc1Cl.